The van der Waals surface area contributed by atoms with Gasteiger partial charge in [-0.1, -0.05) is 11.6 Å². The molecule has 0 aliphatic rings. The third kappa shape index (κ3) is 2.93. The van der Waals surface area contributed by atoms with Crippen LogP contribution in [-0.2, 0) is 6.54 Å². The van der Waals surface area contributed by atoms with Gasteiger partial charge in [-0.15, -0.1) is 0 Å². The Balaban J connectivity index is 1.89. The number of imidazole rings is 1. The summed E-state index contributed by atoms with van der Waals surface area (Å²) in [4.78, 5) is 12.2. The fourth-order valence-electron chi connectivity index (χ4n) is 1.35. The largest absolute Gasteiger partial charge is 0.368 e. The Morgan fingerprint density at radius 1 is 1.44 bits per heavy atom. The Morgan fingerprint density at radius 3 is 3.00 bits per heavy atom. The quantitative estimate of drug-likeness (QED) is 0.824. The second-order valence-corrected chi connectivity index (χ2v) is 3.74. The van der Waals surface area contributed by atoms with Crippen LogP contribution in [0.5, 0.6) is 0 Å². The number of nitrogens with zero attached hydrogens (tertiary/aromatic N) is 4. The molecule has 1 N–H and O–H groups in total. The van der Waals surface area contributed by atoms with Gasteiger partial charge in [0.05, 0.1) is 6.33 Å². The van der Waals surface area contributed by atoms with E-state index in [9.17, 15) is 0 Å². The molecule has 0 unspecified atom stereocenters. The molecule has 2 rings (SSSR count). The molecule has 6 heteroatoms. The van der Waals surface area contributed by atoms with Crippen LogP contribution in [0.25, 0.3) is 0 Å². The monoisotopic (exact) mass is 237 g/mol. The van der Waals surface area contributed by atoms with E-state index in [2.05, 4.69) is 20.3 Å². The Kier molecular flexibility index (Phi) is 3.36. The van der Waals surface area contributed by atoms with E-state index in [-0.39, 0.29) is 0 Å². The van der Waals surface area contributed by atoms with Crippen molar-refractivity contribution in [3.63, 3.8) is 0 Å². The lowest BCUT2D eigenvalue weighted by Crippen LogP contribution is -2.10. The molecule has 0 radical (unpaired) electrons. The normalized spacial score (nSPS) is 10.4. The molecule has 2 aromatic heterocycles. The van der Waals surface area contributed by atoms with E-state index in [1.54, 1.807) is 18.6 Å². The molecule has 0 spiro atoms. The van der Waals surface area contributed by atoms with Crippen molar-refractivity contribution in [2.45, 2.75) is 13.5 Å². The van der Waals surface area contributed by atoms with Crippen molar-refractivity contribution in [2.75, 3.05) is 11.9 Å². The molecule has 0 aliphatic carbocycles. The summed E-state index contributed by atoms with van der Waals surface area (Å²) in [5, 5.41) is 3.64. The van der Waals surface area contributed by atoms with E-state index in [0.29, 0.717) is 11.0 Å². The lowest BCUT2D eigenvalue weighted by Gasteiger charge is -2.06. The van der Waals surface area contributed by atoms with E-state index in [4.69, 9.17) is 11.6 Å². The average molecular weight is 238 g/mol. The van der Waals surface area contributed by atoms with Gasteiger partial charge in [0.1, 0.15) is 16.8 Å². The highest BCUT2D eigenvalue weighted by molar-refractivity contribution is 6.29. The molecule has 2 heterocycles. The molecule has 0 atom stereocenters. The molecule has 0 bridgehead atoms. The van der Waals surface area contributed by atoms with Gasteiger partial charge in [-0.25, -0.2) is 15.0 Å². The molecule has 2 aromatic rings. The van der Waals surface area contributed by atoms with Crippen LogP contribution in [0.1, 0.15) is 5.82 Å². The first-order chi connectivity index (χ1) is 7.74. The maximum Gasteiger partial charge on any atom is 0.134 e. The van der Waals surface area contributed by atoms with Gasteiger partial charge >= 0.3 is 0 Å². The van der Waals surface area contributed by atoms with E-state index >= 15 is 0 Å². The number of aryl methyl sites for hydroxylation is 1. The SMILES string of the molecule is Cc1nc(Cl)cc(NCCn2ccnc2)n1. The highest BCUT2D eigenvalue weighted by Gasteiger charge is 1.98. The van der Waals surface area contributed by atoms with Crippen molar-refractivity contribution < 1.29 is 0 Å². The number of hydrogen-bond acceptors (Lipinski definition) is 4. The lowest BCUT2D eigenvalue weighted by molar-refractivity contribution is 0.724. The Hall–Kier alpha value is -1.62. The summed E-state index contributed by atoms with van der Waals surface area (Å²) < 4.78 is 1.99. The minimum atomic E-state index is 0.456. The van der Waals surface area contributed by atoms with Crippen LogP contribution in [-0.4, -0.2) is 26.1 Å². The third-order valence-corrected chi connectivity index (χ3v) is 2.24. The number of hydrogen-bond donors (Lipinski definition) is 1. The van der Waals surface area contributed by atoms with E-state index in [1.807, 2.05) is 17.7 Å². The molecule has 84 valence electrons. The summed E-state index contributed by atoms with van der Waals surface area (Å²) in [5.74, 6) is 1.41. The zero-order valence-corrected chi connectivity index (χ0v) is 9.65. The number of rotatable bonds is 4. The first-order valence-electron chi connectivity index (χ1n) is 4.95. The van der Waals surface area contributed by atoms with Gasteiger partial charge in [-0.3, -0.25) is 0 Å². The van der Waals surface area contributed by atoms with Crippen LogP contribution in [0, 0.1) is 6.92 Å². The number of aromatic nitrogens is 4. The summed E-state index contributed by atoms with van der Waals surface area (Å²) in [5.41, 5.74) is 0. The van der Waals surface area contributed by atoms with Gasteiger partial charge in [0.15, 0.2) is 0 Å². The molecule has 0 saturated carbocycles. The first-order valence-corrected chi connectivity index (χ1v) is 5.32. The summed E-state index contributed by atoms with van der Waals surface area (Å²) in [6.45, 7) is 3.41. The summed E-state index contributed by atoms with van der Waals surface area (Å²) in [6.07, 6.45) is 5.45. The number of nitrogens with one attached hydrogen (secondary N) is 1. The van der Waals surface area contributed by atoms with Crippen LogP contribution in [0.15, 0.2) is 24.8 Å². The summed E-state index contributed by atoms with van der Waals surface area (Å²) >= 11 is 5.82. The molecule has 0 amide bonds. The van der Waals surface area contributed by atoms with Crippen molar-refractivity contribution in [1.82, 2.24) is 19.5 Å². The van der Waals surface area contributed by atoms with Crippen LogP contribution >= 0.6 is 11.6 Å². The predicted octanol–water partition coefficient (Wildman–Crippen LogP) is 1.75. The smallest absolute Gasteiger partial charge is 0.134 e. The Labute approximate surface area is 98.5 Å². The zero-order chi connectivity index (χ0) is 11.4. The molecule has 0 saturated heterocycles. The van der Waals surface area contributed by atoms with Gasteiger partial charge in [-0.05, 0) is 6.92 Å². The molecular formula is C10H12ClN5. The molecule has 0 fully saturated rings. The van der Waals surface area contributed by atoms with Crippen molar-refractivity contribution in [3.05, 3.63) is 35.8 Å². The van der Waals surface area contributed by atoms with Gasteiger partial charge < -0.3 is 9.88 Å². The molecule has 0 aromatic carbocycles. The molecule has 16 heavy (non-hydrogen) atoms. The fourth-order valence-corrected chi connectivity index (χ4v) is 1.58. The topological polar surface area (TPSA) is 55.6 Å². The van der Waals surface area contributed by atoms with Crippen molar-refractivity contribution in [2.24, 2.45) is 0 Å². The fraction of sp³-hybridized carbons (Fsp3) is 0.300. The molecule has 0 aliphatic heterocycles. The van der Waals surface area contributed by atoms with Crippen molar-refractivity contribution in [3.8, 4) is 0 Å². The standard InChI is InChI=1S/C10H12ClN5/c1-8-14-9(11)6-10(15-8)13-3-5-16-4-2-12-7-16/h2,4,6-7H,3,5H2,1H3,(H,13,14,15). The second kappa shape index (κ2) is 4.94. The highest BCUT2D eigenvalue weighted by Crippen LogP contribution is 2.10. The van der Waals surface area contributed by atoms with Crippen LogP contribution in [0.4, 0.5) is 5.82 Å². The maximum absolute atomic E-state index is 5.82. The summed E-state index contributed by atoms with van der Waals surface area (Å²) in [6, 6.07) is 1.71. The minimum Gasteiger partial charge on any atom is -0.368 e. The van der Waals surface area contributed by atoms with Gasteiger partial charge in [0.2, 0.25) is 0 Å². The van der Waals surface area contributed by atoms with E-state index in [0.717, 1.165) is 18.9 Å². The predicted molar refractivity (Wildman–Crippen MR) is 62.5 cm³/mol. The van der Waals surface area contributed by atoms with Crippen LogP contribution in [0.2, 0.25) is 5.15 Å². The van der Waals surface area contributed by atoms with E-state index < -0.39 is 0 Å². The van der Waals surface area contributed by atoms with Crippen LogP contribution in [0.3, 0.4) is 0 Å². The van der Waals surface area contributed by atoms with Gasteiger partial charge in [0.25, 0.3) is 0 Å². The molecular weight excluding hydrogens is 226 g/mol. The van der Waals surface area contributed by atoms with Crippen LogP contribution < -0.4 is 5.32 Å². The number of anilines is 1. The van der Waals surface area contributed by atoms with Gasteiger partial charge in [0, 0.05) is 31.5 Å². The van der Waals surface area contributed by atoms with Crippen molar-refractivity contribution >= 4 is 17.4 Å². The van der Waals surface area contributed by atoms with Crippen molar-refractivity contribution in [1.29, 1.82) is 0 Å². The Morgan fingerprint density at radius 2 is 2.31 bits per heavy atom. The Bertz CT molecular complexity index is 434. The second-order valence-electron chi connectivity index (χ2n) is 3.35. The third-order valence-electron chi connectivity index (χ3n) is 2.04. The molecule has 5 nitrogen and oxygen atoms in total. The summed E-state index contributed by atoms with van der Waals surface area (Å²) in [7, 11) is 0. The minimum absolute atomic E-state index is 0.456. The maximum atomic E-state index is 5.82. The first kappa shape index (κ1) is 10.9. The average Bonchev–Trinajstić information content (AvgIpc) is 2.69. The highest BCUT2D eigenvalue weighted by atomic mass is 35.5. The zero-order valence-electron chi connectivity index (χ0n) is 8.89. The van der Waals surface area contributed by atoms with E-state index in [1.165, 1.54) is 0 Å². The lowest BCUT2D eigenvalue weighted by atomic mass is 10.5. The van der Waals surface area contributed by atoms with Gasteiger partial charge in [-0.2, -0.15) is 0 Å². The number of halogens is 1.